The van der Waals surface area contributed by atoms with Crippen molar-refractivity contribution in [3.8, 4) is 0 Å². The fraction of sp³-hybridized carbons (Fsp3) is 0.235. The topological polar surface area (TPSA) is 32.3 Å². The Balaban J connectivity index is 2.23. The van der Waals surface area contributed by atoms with Crippen LogP contribution in [-0.2, 0) is 0 Å². The van der Waals surface area contributed by atoms with Crippen molar-refractivity contribution in [3.05, 3.63) is 64.7 Å². The van der Waals surface area contributed by atoms with E-state index in [1.807, 2.05) is 48.5 Å². The highest BCUT2D eigenvalue weighted by atomic mass is 35.5. The number of carbonyl (C=O) groups is 1. The van der Waals surface area contributed by atoms with Crippen LogP contribution in [0.25, 0.3) is 0 Å². The van der Waals surface area contributed by atoms with Crippen LogP contribution in [0.2, 0.25) is 5.02 Å². The Labute approximate surface area is 130 Å². The normalized spacial score (nSPS) is 11.8. The molecule has 110 valence electrons. The Hall–Kier alpha value is -2.00. The molecule has 0 fully saturated rings. The van der Waals surface area contributed by atoms with Crippen molar-refractivity contribution in [3.63, 3.8) is 0 Å². The van der Waals surface area contributed by atoms with Gasteiger partial charge in [-0.3, -0.25) is 4.79 Å². The summed E-state index contributed by atoms with van der Waals surface area (Å²) in [5, 5.41) is 4.11. The molecule has 0 bridgehead atoms. The first-order valence-electron chi connectivity index (χ1n) is 6.81. The Morgan fingerprint density at radius 1 is 1.10 bits per heavy atom. The molecule has 0 saturated heterocycles. The van der Waals surface area contributed by atoms with Crippen molar-refractivity contribution in [2.45, 2.75) is 13.0 Å². The SMILES string of the molecule is CC(Nc1ccccc1C(=O)N(C)C)c1ccc(Cl)cc1. The lowest BCUT2D eigenvalue weighted by Crippen LogP contribution is -2.23. The molecule has 1 N–H and O–H groups in total. The molecule has 0 aliphatic rings. The van der Waals surface area contributed by atoms with Crippen LogP contribution in [0.4, 0.5) is 5.69 Å². The molecule has 3 nitrogen and oxygen atoms in total. The Bertz CT molecular complexity index is 623. The molecule has 0 aliphatic heterocycles. The van der Waals surface area contributed by atoms with Crippen molar-refractivity contribution in [2.24, 2.45) is 0 Å². The van der Waals surface area contributed by atoms with E-state index in [0.29, 0.717) is 10.6 Å². The lowest BCUT2D eigenvalue weighted by Gasteiger charge is -2.19. The molecule has 21 heavy (non-hydrogen) atoms. The first-order valence-corrected chi connectivity index (χ1v) is 7.19. The second kappa shape index (κ2) is 6.64. The lowest BCUT2D eigenvalue weighted by molar-refractivity contribution is 0.0828. The number of halogens is 1. The maximum atomic E-state index is 12.2. The lowest BCUT2D eigenvalue weighted by atomic mass is 10.1. The van der Waals surface area contributed by atoms with Crippen molar-refractivity contribution in [2.75, 3.05) is 19.4 Å². The predicted molar refractivity (Wildman–Crippen MR) is 87.9 cm³/mol. The quantitative estimate of drug-likeness (QED) is 0.917. The minimum Gasteiger partial charge on any atom is -0.378 e. The molecule has 0 saturated carbocycles. The Kier molecular flexibility index (Phi) is 4.86. The van der Waals surface area contributed by atoms with Crippen LogP contribution in [0.3, 0.4) is 0 Å². The van der Waals surface area contributed by atoms with Gasteiger partial charge in [0.1, 0.15) is 0 Å². The summed E-state index contributed by atoms with van der Waals surface area (Å²) in [6.45, 7) is 2.06. The van der Waals surface area contributed by atoms with E-state index in [0.717, 1.165) is 11.3 Å². The fourth-order valence-electron chi connectivity index (χ4n) is 2.10. The minimum atomic E-state index is -0.0126. The highest BCUT2D eigenvalue weighted by Crippen LogP contribution is 2.24. The average molecular weight is 303 g/mol. The number of hydrogen-bond donors (Lipinski definition) is 1. The number of rotatable bonds is 4. The molecule has 2 aromatic carbocycles. The molecule has 0 aliphatic carbocycles. The van der Waals surface area contributed by atoms with Gasteiger partial charge in [-0.15, -0.1) is 0 Å². The highest BCUT2D eigenvalue weighted by molar-refractivity contribution is 6.30. The molecule has 2 rings (SSSR count). The maximum Gasteiger partial charge on any atom is 0.255 e. The monoisotopic (exact) mass is 302 g/mol. The van der Waals surface area contributed by atoms with Gasteiger partial charge in [0, 0.05) is 30.8 Å². The van der Waals surface area contributed by atoms with E-state index in [2.05, 4.69) is 12.2 Å². The summed E-state index contributed by atoms with van der Waals surface area (Å²) in [5.74, 6) is -0.0126. The Morgan fingerprint density at radius 2 is 1.71 bits per heavy atom. The van der Waals surface area contributed by atoms with Gasteiger partial charge < -0.3 is 10.2 Å². The number of anilines is 1. The summed E-state index contributed by atoms with van der Waals surface area (Å²) in [6.07, 6.45) is 0. The highest BCUT2D eigenvalue weighted by Gasteiger charge is 2.14. The van der Waals surface area contributed by atoms with E-state index in [4.69, 9.17) is 11.6 Å². The summed E-state index contributed by atoms with van der Waals surface area (Å²) in [6, 6.07) is 15.3. The van der Waals surface area contributed by atoms with Crippen LogP contribution in [0.5, 0.6) is 0 Å². The van der Waals surface area contributed by atoms with Gasteiger partial charge in [-0.1, -0.05) is 35.9 Å². The second-order valence-corrected chi connectivity index (χ2v) is 5.60. The zero-order valence-corrected chi connectivity index (χ0v) is 13.2. The smallest absolute Gasteiger partial charge is 0.255 e. The number of para-hydroxylation sites is 1. The summed E-state index contributed by atoms with van der Waals surface area (Å²) in [4.78, 5) is 13.8. The minimum absolute atomic E-state index is 0.0126. The van der Waals surface area contributed by atoms with Gasteiger partial charge in [0.15, 0.2) is 0 Å². The maximum absolute atomic E-state index is 12.2. The number of hydrogen-bond acceptors (Lipinski definition) is 2. The van der Waals surface area contributed by atoms with Crippen LogP contribution in [0.15, 0.2) is 48.5 Å². The van der Waals surface area contributed by atoms with Crippen molar-refractivity contribution in [1.82, 2.24) is 4.90 Å². The first kappa shape index (κ1) is 15.4. The number of nitrogens with zero attached hydrogens (tertiary/aromatic N) is 1. The fourth-order valence-corrected chi connectivity index (χ4v) is 2.23. The third-order valence-electron chi connectivity index (χ3n) is 3.31. The number of benzene rings is 2. The van der Waals surface area contributed by atoms with Crippen molar-refractivity contribution in [1.29, 1.82) is 0 Å². The summed E-state index contributed by atoms with van der Waals surface area (Å²) in [7, 11) is 3.50. The third-order valence-corrected chi connectivity index (χ3v) is 3.56. The second-order valence-electron chi connectivity index (χ2n) is 5.16. The van der Waals surface area contributed by atoms with Gasteiger partial charge in [-0.25, -0.2) is 0 Å². The van der Waals surface area contributed by atoms with Crippen LogP contribution in [-0.4, -0.2) is 24.9 Å². The van der Waals surface area contributed by atoms with Gasteiger partial charge in [-0.2, -0.15) is 0 Å². The molecular weight excluding hydrogens is 284 g/mol. The number of carbonyl (C=O) groups excluding carboxylic acids is 1. The van der Waals surface area contributed by atoms with Crippen LogP contribution in [0, 0.1) is 0 Å². The van der Waals surface area contributed by atoms with E-state index in [-0.39, 0.29) is 11.9 Å². The van der Waals surface area contributed by atoms with Gasteiger partial charge in [-0.05, 0) is 36.8 Å². The average Bonchev–Trinajstić information content (AvgIpc) is 2.47. The first-order chi connectivity index (χ1) is 9.99. The molecule has 1 unspecified atom stereocenters. The van der Waals surface area contributed by atoms with Gasteiger partial charge in [0.25, 0.3) is 5.91 Å². The number of amides is 1. The molecule has 4 heteroatoms. The molecular formula is C17H19ClN2O. The van der Waals surface area contributed by atoms with E-state index in [1.54, 1.807) is 19.0 Å². The summed E-state index contributed by atoms with van der Waals surface area (Å²) in [5.41, 5.74) is 2.62. The molecule has 0 spiro atoms. The van der Waals surface area contributed by atoms with Gasteiger partial charge in [0.05, 0.1) is 5.56 Å². The van der Waals surface area contributed by atoms with E-state index >= 15 is 0 Å². The standard InChI is InChI=1S/C17H19ClN2O/c1-12(13-8-10-14(18)11-9-13)19-16-7-5-4-6-15(16)17(21)20(2)3/h4-12,19H,1-3H3. The number of nitrogens with one attached hydrogen (secondary N) is 1. The third kappa shape index (κ3) is 3.76. The van der Waals surface area contributed by atoms with Crippen LogP contribution < -0.4 is 5.32 Å². The van der Waals surface area contributed by atoms with Gasteiger partial charge in [0.2, 0.25) is 0 Å². The van der Waals surface area contributed by atoms with E-state index < -0.39 is 0 Å². The Morgan fingerprint density at radius 3 is 2.33 bits per heavy atom. The summed E-state index contributed by atoms with van der Waals surface area (Å²) < 4.78 is 0. The zero-order chi connectivity index (χ0) is 15.4. The molecule has 0 radical (unpaired) electrons. The molecule has 0 aromatic heterocycles. The van der Waals surface area contributed by atoms with E-state index in [1.165, 1.54) is 0 Å². The van der Waals surface area contributed by atoms with Crippen molar-refractivity contribution < 1.29 is 4.79 Å². The van der Waals surface area contributed by atoms with Crippen LogP contribution in [0.1, 0.15) is 28.9 Å². The van der Waals surface area contributed by atoms with Crippen LogP contribution >= 0.6 is 11.6 Å². The van der Waals surface area contributed by atoms with Crippen molar-refractivity contribution >= 4 is 23.2 Å². The van der Waals surface area contributed by atoms with Gasteiger partial charge >= 0.3 is 0 Å². The molecule has 1 atom stereocenters. The molecule has 0 heterocycles. The zero-order valence-electron chi connectivity index (χ0n) is 12.4. The molecule has 2 aromatic rings. The predicted octanol–water partition coefficient (Wildman–Crippen LogP) is 4.21. The summed E-state index contributed by atoms with van der Waals surface area (Å²) >= 11 is 5.91. The largest absolute Gasteiger partial charge is 0.378 e. The van der Waals surface area contributed by atoms with E-state index in [9.17, 15) is 4.79 Å². The molecule has 1 amide bonds.